The predicted octanol–water partition coefficient (Wildman–Crippen LogP) is 5.58. The van der Waals surface area contributed by atoms with E-state index in [4.69, 9.17) is 0 Å². The Hall–Kier alpha value is -0.260. The molecule has 0 radical (unpaired) electrons. The molecule has 17 heavy (non-hydrogen) atoms. The van der Waals surface area contributed by atoms with Crippen molar-refractivity contribution in [3.8, 4) is 0 Å². The van der Waals surface area contributed by atoms with Crippen molar-refractivity contribution < 1.29 is 8.78 Å². The fraction of sp³-hybridized carbons (Fsp3) is 0.167. The van der Waals surface area contributed by atoms with Gasteiger partial charge in [-0.25, -0.2) is 8.78 Å². The summed E-state index contributed by atoms with van der Waals surface area (Å²) in [5, 5.41) is 0. The van der Waals surface area contributed by atoms with Crippen molar-refractivity contribution in [1.29, 1.82) is 0 Å². The lowest BCUT2D eigenvalue weighted by Gasteiger charge is -2.10. The maximum absolute atomic E-state index is 13.2. The molecule has 1 atom stereocenters. The summed E-state index contributed by atoms with van der Waals surface area (Å²) in [5.41, 5.74) is 1.77. The molecule has 0 aliphatic rings. The van der Waals surface area contributed by atoms with Crippen LogP contribution in [0.4, 0.5) is 8.78 Å². The molecular formula is C12H8Br2F2S. The van der Waals surface area contributed by atoms with Crippen LogP contribution in [-0.4, -0.2) is 0 Å². The van der Waals surface area contributed by atoms with Crippen molar-refractivity contribution in [2.75, 3.05) is 0 Å². The highest BCUT2D eigenvalue weighted by atomic mass is 79.9. The van der Waals surface area contributed by atoms with Crippen molar-refractivity contribution in [1.82, 2.24) is 0 Å². The van der Waals surface area contributed by atoms with Crippen molar-refractivity contribution in [3.05, 3.63) is 55.7 Å². The van der Waals surface area contributed by atoms with Crippen LogP contribution in [0.5, 0.6) is 0 Å². The van der Waals surface area contributed by atoms with Gasteiger partial charge in [-0.15, -0.1) is 11.3 Å². The fourth-order valence-corrected chi connectivity index (χ4v) is 4.22. The Labute approximate surface area is 119 Å². The number of halogens is 4. The summed E-state index contributed by atoms with van der Waals surface area (Å²) in [6.45, 7) is 2.00. The number of hydrogen-bond acceptors (Lipinski definition) is 1. The van der Waals surface area contributed by atoms with Crippen LogP contribution in [0.3, 0.4) is 0 Å². The average Bonchev–Trinajstić information content (AvgIpc) is 2.61. The molecule has 2 aromatic rings. The van der Waals surface area contributed by atoms with Gasteiger partial charge in [0, 0.05) is 4.88 Å². The lowest BCUT2D eigenvalue weighted by molar-refractivity contribution is 0.507. The Kier molecular flexibility index (Phi) is 4.00. The maximum atomic E-state index is 13.2. The molecule has 1 unspecified atom stereocenters. The molecule has 0 spiro atoms. The number of hydrogen-bond donors (Lipinski definition) is 0. The summed E-state index contributed by atoms with van der Waals surface area (Å²) in [7, 11) is 0. The van der Waals surface area contributed by atoms with E-state index in [2.05, 4.69) is 31.9 Å². The summed E-state index contributed by atoms with van der Waals surface area (Å²) < 4.78 is 27.0. The van der Waals surface area contributed by atoms with Gasteiger partial charge in [0.2, 0.25) is 0 Å². The zero-order valence-corrected chi connectivity index (χ0v) is 12.8. The quantitative estimate of drug-likeness (QED) is 0.595. The Morgan fingerprint density at radius 3 is 2.41 bits per heavy atom. The van der Waals surface area contributed by atoms with Gasteiger partial charge in [0.25, 0.3) is 0 Å². The minimum Gasteiger partial charge on any atom is -0.204 e. The van der Waals surface area contributed by atoms with Gasteiger partial charge in [-0.3, -0.25) is 0 Å². The summed E-state index contributed by atoms with van der Waals surface area (Å²) in [6, 6.07) is 5.94. The Morgan fingerprint density at radius 1 is 1.18 bits per heavy atom. The zero-order valence-electron chi connectivity index (χ0n) is 8.81. The molecule has 1 heterocycles. The largest absolute Gasteiger partial charge is 0.204 e. The molecule has 2 rings (SSSR count). The normalized spacial score (nSPS) is 12.8. The molecule has 90 valence electrons. The third-order valence-electron chi connectivity index (χ3n) is 2.44. The molecule has 1 aromatic carbocycles. The van der Waals surface area contributed by atoms with Crippen LogP contribution < -0.4 is 0 Å². The van der Waals surface area contributed by atoms with E-state index in [0.717, 1.165) is 20.3 Å². The lowest BCUT2D eigenvalue weighted by Crippen LogP contribution is -1.95. The monoisotopic (exact) mass is 380 g/mol. The molecule has 0 bridgehead atoms. The predicted molar refractivity (Wildman–Crippen MR) is 73.9 cm³/mol. The number of thiophene rings is 1. The first-order valence-electron chi connectivity index (χ1n) is 4.84. The molecule has 0 nitrogen and oxygen atoms in total. The highest BCUT2D eigenvalue weighted by Crippen LogP contribution is 2.38. The average molecular weight is 382 g/mol. The van der Waals surface area contributed by atoms with Crippen LogP contribution >= 0.6 is 43.2 Å². The second kappa shape index (κ2) is 5.16. The maximum Gasteiger partial charge on any atom is 0.159 e. The van der Waals surface area contributed by atoms with Crippen molar-refractivity contribution in [3.63, 3.8) is 0 Å². The van der Waals surface area contributed by atoms with Gasteiger partial charge < -0.3 is 0 Å². The zero-order chi connectivity index (χ0) is 12.6. The number of alkyl halides is 1. The first-order valence-corrected chi connectivity index (χ1v) is 7.36. The molecule has 0 N–H and O–H groups in total. The van der Waals surface area contributed by atoms with Gasteiger partial charge in [0.1, 0.15) is 0 Å². The highest BCUT2D eigenvalue weighted by Gasteiger charge is 2.16. The molecule has 0 amide bonds. The smallest absolute Gasteiger partial charge is 0.159 e. The van der Waals surface area contributed by atoms with Crippen LogP contribution in [0.2, 0.25) is 0 Å². The summed E-state index contributed by atoms with van der Waals surface area (Å²) in [4.78, 5) is 1.02. The third-order valence-corrected chi connectivity index (χ3v) is 5.03. The van der Waals surface area contributed by atoms with E-state index in [0.29, 0.717) is 5.56 Å². The summed E-state index contributed by atoms with van der Waals surface area (Å²) in [5.74, 6) is -1.64. The van der Waals surface area contributed by atoms with Gasteiger partial charge in [0.15, 0.2) is 11.6 Å². The third kappa shape index (κ3) is 2.77. The van der Waals surface area contributed by atoms with E-state index in [1.54, 1.807) is 17.4 Å². The van der Waals surface area contributed by atoms with Crippen molar-refractivity contribution in [2.45, 2.75) is 11.8 Å². The summed E-state index contributed by atoms with van der Waals surface area (Å²) in [6.07, 6.45) is 0. The molecule has 1 aromatic heterocycles. The van der Waals surface area contributed by atoms with Gasteiger partial charge in [-0.2, -0.15) is 0 Å². The first kappa shape index (κ1) is 13.2. The van der Waals surface area contributed by atoms with Crippen LogP contribution in [0, 0.1) is 18.6 Å². The van der Waals surface area contributed by atoms with E-state index >= 15 is 0 Å². The Bertz CT molecular complexity index is 551. The molecule has 0 fully saturated rings. The Morgan fingerprint density at radius 2 is 1.88 bits per heavy atom. The first-order chi connectivity index (χ1) is 7.99. The molecule has 0 aliphatic heterocycles. The lowest BCUT2D eigenvalue weighted by atomic mass is 10.1. The van der Waals surface area contributed by atoms with Crippen LogP contribution in [0.1, 0.15) is 20.8 Å². The Balaban J connectivity index is 2.40. The highest BCUT2D eigenvalue weighted by molar-refractivity contribution is 9.11. The van der Waals surface area contributed by atoms with E-state index in [-0.39, 0.29) is 4.83 Å². The van der Waals surface area contributed by atoms with Crippen molar-refractivity contribution in [2.24, 2.45) is 0 Å². The fourth-order valence-electron chi connectivity index (χ4n) is 1.56. The molecule has 0 aliphatic carbocycles. The second-order valence-corrected chi connectivity index (χ2v) is 7.15. The molecule has 0 saturated carbocycles. The molecule has 0 saturated heterocycles. The van der Waals surface area contributed by atoms with Crippen LogP contribution in [0.25, 0.3) is 0 Å². The molecule has 5 heteroatoms. The van der Waals surface area contributed by atoms with Crippen LogP contribution in [0.15, 0.2) is 28.1 Å². The summed E-state index contributed by atoms with van der Waals surface area (Å²) >= 11 is 8.55. The van der Waals surface area contributed by atoms with Gasteiger partial charge in [-0.05, 0) is 52.2 Å². The molecular weight excluding hydrogens is 374 g/mol. The van der Waals surface area contributed by atoms with Crippen LogP contribution in [-0.2, 0) is 0 Å². The minimum atomic E-state index is -0.823. The van der Waals surface area contributed by atoms with E-state index < -0.39 is 11.6 Å². The topological polar surface area (TPSA) is 0 Å². The number of rotatable bonds is 2. The van der Waals surface area contributed by atoms with E-state index in [1.807, 2.05) is 13.0 Å². The van der Waals surface area contributed by atoms with Gasteiger partial charge in [-0.1, -0.05) is 22.0 Å². The van der Waals surface area contributed by atoms with E-state index in [1.165, 1.54) is 6.07 Å². The van der Waals surface area contributed by atoms with Gasteiger partial charge in [0.05, 0.1) is 8.61 Å². The SMILES string of the molecule is Cc1sc(Br)cc1C(Br)c1ccc(F)c(F)c1. The number of aryl methyl sites for hydroxylation is 1. The second-order valence-electron chi connectivity index (χ2n) is 3.60. The van der Waals surface area contributed by atoms with Gasteiger partial charge >= 0.3 is 0 Å². The number of benzene rings is 1. The van der Waals surface area contributed by atoms with E-state index in [9.17, 15) is 8.78 Å². The van der Waals surface area contributed by atoms with Crippen molar-refractivity contribution >= 4 is 43.2 Å². The standard InChI is InChI=1S/C12H8Br2F2S/c1-6-8(5-11(13)17-6)12(14)7-2-3-9(15)10(16)4-7/h2-5,12H,1H3. The minimum absolute atomic E-state index is 0.125.